The Labute approximate surface area is 151 Å². The van der Waals surface area contributed by atoms with Crippen LogP contribution in [0.1, 0.15) is 43.2 Å². The van der Waals surface area contributed by atoms with Crippen LogP contribution in [0.2, 0.25) is 0 Å². The normalized spacial score (nSPS) is 26.7. The van der Waals surface area contributed by atoms with Gasteiger partial charge in [-0.2, -0.15) is 0 Å². The zero-order chi connectivity index (χ0) is 17.3. The molecule has 1 spiro atoms. The van der Waals surface area contributed by atoms with Crippen LogP contribution in [0.5, 0.6) is 0 Å². The molecule has 4 nitrogen and oxygen atoms in total. The zero-order valence-electron chi connectivity index (χ0n) is 15.4. The molecule has 3 heterocycles. The Balaban J connectivity index is 1.41. The van der Waals surface area contributed by atoms with E-state index in [1.807, 2.05) is 0 Å². The maximum atomic E-state index is 12.6. The van der Waals surface area contributed by atoms with E-state index in [0.29, 0.717) is 11.8 Å². The first kappa shape index (κ1) is 17.0. The number of piperidine rings is 1. The number of likely N-dealkylation sites (tertiary alicyclic amines) is 2. The fraction of sp³-hybridized carbons (Fsp3) is 0.667. The van der Waals surface area contributed by atoms with Crippen molar-refractivity contribution in [2.75, 3.05) is 32.8 Å². The van der Waals surface area contributed by atoms with Gasteiger partial charge in [-0.05, 0) is 44.1 Å². The van der Waals surface area contributed by atoms with Crippen molar-refractivity contribution in [1.82, 2.24) is 9.80 Å². The molecule has 3 aliphatic heterocycles. The van der Waals surface area contributed by atoms with Crippen LogP contribution in [0, 0.1) is 12.8 Å². The summed E-state index contributed by atoms with van der Waals surface area (Å²) in [6, 6.07) is 8.59. The summed E-state index contributed by atoms with van der Waals surface area (Å²) in [6.07, 6.45) is 5.22. The third-order valence-corrected chi connectivity index (χ3v) is 6.43. The van der Waals surface area contributed by atoms with E-state index in [-0.39, 0.29) is 5.54 Å². The molecular formula is C21H30N2O2. The second kappa shape index (κ2) is 7.08. The number of carbonyl (C=O) groups is 1. The van der Waals surface area contributed by atoms with Crippen molar-refractivity contribution in [2.45, 2.75) is 51.1 Å². The highest BCUT2D eigenvalue weighted by Crippen LogP contribution is 2.40. The van der Waals surface area contributed by atoms with Gasteiger partial charge in [0.05, 0.1) is 6.61 Å². The predicted octanol–water partition coefficient (Wildman–Crippen LogP) is 2.99. The molecule has 1 amide bonds. The van der Waals surface area contributed by atoms with Gasteiger partial charge < -0.3 is 14.5 Å². The predicted molar refractivity (Wildman–Crippen MR) is 98.3 cm³/mol. The first-order chi connectivity index (χ1) is 12.1. The van der Waals surface area contributed by atoms with Gasteiger partial charge in [0.2, 0.25) is 5.91 Å². The van der Waals surface area contributed by atoms with Crippen molar-refractivity contribution in [1.29, 1.82) is 0 Å². The van der Waals surface area contributed by atoms with Crippen molar-refractivity contribution >= 4 is 5.91 Å². The molecule has 1 unspecified atom stereocenters. The average Bonchev–Trinajstić information content (AvgIpc) is 3.21. The van der Waals surface area contributed by atoms with Gasteiger partial charge >= 0.3 is 0 Å². The molecule has 4 rings (SSSR count). The first-order valence-electron chi connectivity index (χ1n) is 9.81. The van der Waals surface area contributed by atoms with Gasteiger partial charge in [0, 0.05) is 44.7 Å². The number of amides is 1. The van der Waals surface area contributed by atoms with Gasteiger partial charge in [-0.1, -0.05) is 29.8 Å². The maximum Gasteiger partial charge on any atom is 0.223 e. The number of hydrogen-bond donors (Lipinski definition) is 0. The highest BCUT2D eigenvalue weighted by Gasteiger charge is 2.46. The molecule has 1 aromatic rings. The molecule has 3 fully saturated rings. The Morgan fingerprint density at radius 2 is 2.08 bits per heavy atom. The molecular weight excluding hydrogens is 312 g/mol. The molecule has 1 atom stereocenters. The monoisotopic (exact) mass is 342 g/mol. The van der Waals surface area contributed by atoms with E-state index >= 15 is 0 Å². The van der Waals surface area contributed by atoms with Gasteiger partial charge in [0.1, 0.15) is 0 Å². The number of rotatable bonds is 4. The van der Waals surface area contributed by atoms with E-state index in [0.717, 1.165) is 58.5 Å². The Morgan fingerprint density at radius 1 is 1.24 bits per heavy atom. The Bertz CT molecular complexity index is 616. The van der Waals surface area contributed by atoms with Crippen LogP contribution in [-0.2, 0) is 16.1 Å². The van der Waals surface area contributed by atoms with E-state index < -0.39 is 0 Å². The summed E-state index contributed by atoms with van der Waals surface area (Å²) >= 11 is 0. The fourth-order valence-electron chi connectivity index (χ4n) is 4.89. The van der Waals surface area contributed by atoms with Crippen LogP contribution >= 0.6 is 0 Å². The summed E-state index contributed by atoms with van der Waals surface area (Å²) in [5.74, 6) is 1.06. The molecule has 1 aromatic carbocycles. The van der Waals surface area contributed by atoms with Crippen molar-refractivity contribution in [3.8, 4) is 0 Å². The highest BCUT2D eigenvalue weighted by molar-refractivity contribution is 5.79. The van der Waals surface area contributed by atoms with Crippen LogP contribution in [0.4, 0.5) is 0 Å². The van der Waals surface area contributed by atoms with Crippen molar-refractivity contribution in [3.05, 3.63) is 35.4 Å². The molecule has 4 heteroatoms. The minimum Gasteiger partial charge on any atom is -0.381 e. The first-order valence-corrected chi connectivity index (χ1v) is 9.81. The topological polar surface area (TPSA) is 32.8 Å². The lowest BCUT2D eigenvalue weighted by atomic mass is 9.84. The van der Waals surface area contributed by atoms with Gasteiger partial charge in [0.15, 0.2) is 0 Å². The molecule has 0 bridgehead atoms. The Morgan fingerprint density at radius 3 is 2.80 bits per heavy atom. The van der Waals surface area contributed by atoms with Crippen LogP contribution in [0.3, 0.4) is 0 Å². The van der Waals surface area contributed by atoms with Gasteiger partial charge in [0.25, 0.3) is 0 Å². The molecule has 3 saturated heterocycles. The molecule has 25 heavy (non-hydrogen) atoms. The fourth-order valence-corrected chi connectivity index (χ4v) is 4.89. The smallest absolute Gasteiger partial charge is 0.223 e. The summed E-state index contributed by atoms with van der Waals surface area (Å²) in [6.45, 7) is 8.16. The lowest BCUT2D eigenvalue weighted by Gasteiger charge is -2.45. The Kier molecular flexibility index (Phi) is 4.83. The van der Waals surface area contributed by atoms with E-state index in [1.54, 1.807) is 0 Å². The number of ether oxygens (including phenoxy) is 1. The minimum absolute atomic E-state index is 0.101. The van der Waals surface area contributed by atoms with Crippen LogP contribution in [-0.4, -0.2) is 54.1 Å². The number of carbonyl (C=O) groups excluding carboxylic acids is 1. The van der Waals surface area contributed by atoms with Gasteiger partial charge in [-0.25, -0.2) is 0 Å². The third kappa shape index (κ3) is 3.61. The van der Waals surface area contributed by atoms with Crippen molar-refractivity contribution in [2.24, 2.45) is 5.92 Å². The minimum atomic E-state index is 0.101. The number of hydrogen-bond acceptors (Lipinski definition) is 3. The van der Waals surface area contributed by atoms with Crippen molar-refractivity contribution < 1.29 is 9.53 Å². The van der Waals surface area contributed by atoms with E-state index in [2.05, 4.69) is 41.0 Å². The van der Waals surface area contributed by atoms with Gasteiger partial charge in [-0.3, -0.25) is 4.79 Å². The quantitative estimate of drug-likeness (QED) is 0.843. The summed E-state index contributed by atoms with van der Waals surface area (Å²) in [4.78, 5) is 17.4. The largest absolute Gasteiger partial charge is 0.381 e. The van der Waals surface area contributed by atoms with Crippen LogP contribution < -0.4 is 0 Å². The van der Waals surface area contributed by atoms with E-state index in [9.17, 15) is 4.79 Å². The number of benzene rings is 1. The maximum absolute atomic E-state index is 12.6. The van der Waals surface area contributed by atoms with Crippen molar-refractivity contribution in [3.63, 3.8) is 0 Å². The van der Waals surface area contributed by atoms with E-state index in [1.165, 1.54) is 24.1 Å². The molecule has 0 aliphatic carbocycles. The molecule has 3 aliphatic rings. The zero-order valence-corrected chi connectivity index (χ0v) is 15.4. The SMILES string of the molecule is Cc1cccc(CN2C(=O)CCC23CCN(CC2CCOC2)CC3)c1. The Hall–Kier alpha value is -1.39. The second-order valence-corrected chi connectivity index (χ2v) is 8.22. The lowest BCUT2D eigenvalue weighted by Crippen LogP contribution is -2.53. The summed E-state index contributed by atoms with van der Waals surface area (Å²) in [5, 5.41) is 0. The lowest BCUT2D eigenvalue weighted by molar-refractivity contribution is -0.133. The molecule has 0 aromatic heterocycles. The van der Waals surface area contributed by atoms with E-state index in [4.69, 9.17) is 4.74 Å². The van der Waals surface area contributed by atoms with Gasteiger partial charge in [-0.15, -0.1) is 0 Å². The molecule has 0 radical (unpaired) electrons. The third-order valence-electron chi connectivity index (χ3n) is 6.43. The number of aryl methyl sites for hydroxylation is 1. The molecule has 136 valence electrons. The highest BCUT2D eigenvalue weighted by atomic mass is 16.5. The summed E-state index contributed by atoms with van der Waals surface area (Å²) < 4.78 is 5.52. The number of nitrogens with zero attached hydrogens (tertiary/aromatic N) is 2. The summed E-state index contributed by atoms with van der Waals surface area (Å²) in [7, 11) is 0. The average molecular weight is 342 g/mol. The van der Waals surface area contributed by atoms with Crippen LogP contribution in [0.25, 0.3) is 0 Å². The molecule has 0 N–H and O–H groups in total. The van der Waals surface area contributed by atoms with Crippen LogP contribution in [0.15, 0.2) is 24.3 Å². The summed E-state index contributed by atoms with van der Waals surface area (Å²) in [5.41, 5.74) is 2.63. The molecule has 0 saturated carbocycles. The standard InChI is InChI=1S/C21H30N2O2/c1-17-3-2-4-18(13-17)15-23-20(24)5-7-21(23)8-10-22(11-9-21)14-19-6-12-25-16-19/h2-4,13,19H,5-12,14-16H2,1H3. The second-order valence-electron chi connectivity index (χ2n) is 8.22.